The van der Waals surface area contributed by atoms with Crippen molar-refractivity contribution in [3.05, 3.63) is 120 Å². The molecule has 0 saturated carbocycles. The van der Waals surface area contributed by atoms with Gasteiger partial charge < -0.3 is 14.2 Å². The highest BCUT2D eigenvalue weighted by atomic mass is 16.5. The molecule has 1 fully saturated rings. The molecule has 2 aliphatic rings. The van der Waals surface area contributed by atoms with Crippen LogP contribution in [0.5, 0.6) is 5.75 Å². The molecule has 2 aliphatic heterocycles. The fourth-order valence-corrected chi connectivity index (χ4v) is 7.00. The van der Waals surface area contributed by atoms with Crippen LogP contribution in [0.1, 0.15) is 35.2 Å². The zero-order valence-electron chi connectivity index (χ0n) is 25.4. The molecule has 1 aromatic heterocycles. The SMILES string of the molecule is Cc1cc2c(cc1OCCCn1c3ccc(-c4ccccc4)cc3c3cc(-c4ccccc4)ccc31)N=C[C@@H]1CCCN1C2=O. The summed E-state index contributed by atoms with van der Waals surface area (Å²) in [6.45, 7) is 4.21. The highest BCUT2D eigenvalue weighted by Gasteiger charge is 2.32. The number of fused-ring (bicyclic) bond motifs is 5. The van der Waals surface area contributed by atoms with E-state index < -0.39 is 0 Å². The lowest BCUT2D eigenvalue weighted by Gasteiger charge is -2.20. The van der Waals surface area contributed by atoms with Crippen LogP contribution in [-0.4, -0.2) is 40.8 Å². The highest BCUT2D eigenvalue weighted by Crippen LogP contribution is 2.37. The van der Waals surface area contributed by atoms with Crippen molar-refractivity contribution in [1.82, 2.24) is 9.47 Å². The third-order valence-corrected chi connectivity index (χ3v) is 9.33. The lowest BCUT2D eigenvalue weighted by molar-refractivity contribution is 0.0774. The van der Waals surface area contributed by atoms with Gasteiger partial charge in [-0.05, 0) is 84.3 Å². The summed E-state index contributed by atoms with van der Waals surface area (Å²) in [5.74, 6) is 0.875. The van der Waals surface area contributed by atoms with E-state index >= 15 is 0 Å². The smallest absolute Gasteiger partial charge is 0.256 e. The van der Waals surface area contributed by atoms with E-state index in [9.17, 15) is 4.79 Å². The average molecular weight is 590 g/mol. The van der Waals surface area contributed by atoms with Crippen molar-refractivity contribution in [3.8, 4) is 28.0 Å². The van der Waals surface area contributed by atoms with E-state index in [1.807, 2.05) is 30.2 Å². The van der Waals surface area contributed by atoms with Gasteiger partial charge in [0, 0.05) is 47.2 Å². The Morgan fingerprint density at radius 2 is 1.42 bits per heavy atom. The molecule has 0 N–H and O–H groups in total. The Balaban J connectivity index is 1.08. The number of nitrogens with zero attached hydrogens (tertiary/aromatic N) is 3. The number of aryl methyl sites for hydroxylation is 2. The summed E-state index contributed by atoms with van der Waals surface area (Å²) in [7, 11) is 0. The monoisotopic (exact) mass is 589 g/mol. The van der Waals surface area contributed by atoms with Crippen molar-refractivity contribution in [3.63, 3.8) is 0 Å². The fraction of sp³-hybridized carbons (Fsp3) is 0.200. The Hall–Kier alpha value is -5.16. The van der Waals surface area contributed by atoms with Gasteiger partial charge in [0.2, 0.25) is 0 Å². The molecule has 6 aromatic rings. The summed E-state index contributed by atoms with van der Waals surface area (Å²) >= 11 is 0. The molecule has 45 heavy (non-hydrogen) atoms. The van der Waals surface area contributed by atoms with Gasteiger partial charge in [-0.1, -0.05) is 72.8 Å². The van der Waals surface area contributed by atoms with E-state index in [1.54, 1.807) is 0 Å². The molecule has 0 unspecified atom stereocenters. The number of amides is 1. The maximum Gasteiger partial charge on any atom is 0.256 e. The molecular formula is C40H35N3O2. The van der Waals surface area contributed by atoms with Gasteiger partial charge in [-0.25, -0.2) is 0 Å². The number of ether oxygens (including phenoxy) is 1. The first kappa shape index (κ1) is 27.4. The summed E-state index contributed by atoms with van der Waals surface area (Å²) in [4.78, 5) is 19.8. The summed E-state index contributed by atoms with van der Waals surface area (Å²) in [5, 5.41) is 2.52. The van der Waals surface area contributed by atoms with Crippen LogP contribution in [0.25, 0.3) is 44.1 Å². The molecular weight excluding hydrogens is 554 g/mol. The minimum absolute atomic E-state index is 0.0804. The second kappa shape index (κ2) is 11.4. The largest absolute Gasteiger partial charge is 0.493 e. The third-order valence-electron chi connectivity index (χ3n) is 9.33. The van der Waals surface area contributed by atoms with Crippen LogP contribution in [0.15, 0.2) is 114 Å². The van der Waals surface area contributed by atoms with E-state index in [0.717, 1.165) is 43.7 Å². The topological polar surface area (TPSA) is 46.8 Å². The first-order valence-electron chi connectivity index (χ1n) is 15.9. The molecule has 5 aromatic carbocycles. The number of benzene rings is 5. The molecule has 8 rings (SSSR count). The van der Waals surface area contributed by atoms with E-state index in [2.05, 4.69) is 102 Å². The van der Waals surface area contributed by atoms with Crippen LogP contribution in [-0.2, 0) is 6.54 Å². The molecule has 0 spiro atoms. The molecule has 3 heterocycles. The van der Waals surface area contributed by atoms with Crippen molar-refractivity contribution < 1.29 is 9.53 Å². The molecule has 0 radical (unpaired) electrons. The number of hydrogen-bond donors (Lipinski definition) is 0. The zero-order chi connectivity index (χ0) is 30.3. The van der Waals surface area contributed by atoms with Gasteiger partial charge in [-0.2, -0.15) is 0 Å². The average Bonchev–Trinajstić information content (AvgIpc) is 3.65. The van der Waals surface area contributed by atoms with Crippen LogP contribution < -0.4 is 4.74 Å². The van der Waals surface area contributed by atoms with Crippen molar-refractivity contribution in [2.24, 2.45) is 4.99 Å². The third kappa shape index (κ3) is 4.98. The number of rotatable bonds is 7. The minimum atomic E-state index is 0.0804. The predicted molar refractivity (Wildman–Crippen MR) is 184 cm³/mol. The molecule has 222 valence electrons. The van der Waals surface area contributed by atoms with E-state index in [-0.39, 0.29) is 11.9 Å². The first-order valence-corrected chi connectivity index (χ1v) is 15.9. The highest BCUT2D eigenvalue weighted by molar-refractivity contribution is 6.10. The summed E-state index contributed by atoms with van der Waals surface area (Å²) < 4.78 is 8.77. The number of aliphatic imine (C=N–C) groups is 1. The quantitative estimate of drug-likeness (QED) is 0.174. The van der Waals surface area contributed by atoms with Gasteiger partial charge in [-0.15, -0.1) is 0 Å². The summed E-state index contributed by atoms with van der Waals surface area (Å²) in [6.07, 6.45) is 4.79. The molecule has 5 heteroatoms. The lowest BCUT2D eigenvalue weighted by atomic mass is 10.0. The van der Waals surface area contributed by atoms with Crippen LogP contribution in [0.3, 0.4) is 0 Å². The molecule has 1 atom stereocenters. The normalized spacial score (nSPS) is 15.8. The van der Waals surface area contributed by atoms with E-state index in [4.69, 9.17) is 9.73 Å². The number of carbonyl (C=O) groups excluding carboxylic acids is 1. The van der Waals surface area contributed by atoms with Gasteiger partial charge in [0.05, 0.1) is 23.9 Å². The molecule has 0 aliphatic carbocycles. The van der Waals surface area contributed by atoms with E-state index in [1.165, 1.54) is 44.1 Å². The Bertz CT molecular complexity index is 1980. The van der Waals surface area contributed by atoms with Crippen molar-refractivity contribution >= 4 is 39.6 Å². The minimum Gasteiger partial charge on any atom is -0.493 e. The van der Waals surface area contributed by atoms with Crippen molar-refractivity contribution in [2.45, 2.75) is 38.8 Å². The van der Waals surface area contributed by atoms with Crippen LogP contribution in [0, 0.1) is 6.92 Å². The molecule has 0 bridgehead atoms. The van der Waals surface area contributed by atoms with Crippen LogP contribution >= 0.6 is 0 Å². The first-order chi connectivity index (χ1) is 22.1. The van der Waals surface area contributed by atoms with Crippen molar-refractivity contribution in [2.75, 3.05) is 13.2 Å². The molecule has 1 amide bonds. The Morgan fingerprint density at radius 3 is 2.07 bits per heavy atom. The van der Waals surface area contributed by atoms with Crippen molar-refractivity contribution in [1.29, 1.82) is 0 Å². The molecule has 1 saturated heterocycles. The summed E-state index contributed by atoms with van der Waals surface area (Å²) in [6, 6.07) is 38.8. The standard InChI is InChI=1S/C40H35N3O2/c1-27-22-35-36(41-26-32-14-8-19-42(32)40(35)44)25-39(27)45-21-9-20-43-37-17-15-30(28-10-4-2-5-11-28)23-33(37)34-24-31(16-18-38(34)43)29-12-6-3-7-13-29/h2-7,10-13,15-18,22-26,32H,8-9,14,19-21H2,1H3/t32-/m0/s1. The number of carbonyl (C=O) groups is 1. The maximum atomic E-state index is 13.2. The zero-order valence-corrected chi connectivity index (χ0v) is 25.4. The van der Waals surface area contributed by atoms with Crippen LogP contribution in [0.2, 0.25) is 0 Å². The van der Waals surface area contributed by atoms with Gasteiger partial charge >= 0.3 is 0 Å². The van der Waals surface area contributed by atoms with Gasteiger partial charge in [0.1, 0.15) is 5.75 Å². The second-order valence-corrected chi connectivity index (χ2v) is 12.2. The maximum absolute atomic E-state index is 13.2. The lowest BCUT2D eigenvalue weighted by Crippen LogP contribution is -2.35. The van der Waals surface area contributed by atoms with E-state index in [0.29, 0.717) is 17.9 Å². The van der Waals surface area contributed by atoms with Gasteiger partial charge in [0.25, 0.3) is 5.91 Å². The number of aromatic nitrogens is 1. The molecule has 5 nitrogen and oxygen atoms in total. The second-order valence-electron chi connectivity index (χ2n) is 12.2. The van der Waals surface area contributed by atoms with Gasteiger partial charge in [0.15, 0.2) is 0 Å². The predicted octanol–water partition coefficient (Wildman–Crippen LogP) is 9.23. The Labute approximate surface area is 263 Å². The van der Waals surface area contributed by atoms with Gasteiger partial charge in [-0.3, -0.25) is 9.79 Å². The Kier molecular flexibility index (Phi) is 6.94. The van der Waals surface area contributed by atoms with Crippen LogP contribution in [0.4, 0.5) is 5.69 Å². The summed E-state index contributed by atoms with van der Waals surface area (Å²) in [5.41, 5.74) is 9.68. The number of hydrogen-bond acceptors (Lipinski definition) is 3. The Morgan fingerprint density at radius 1 is 0.778 bits per heavy atom. The fourth-order valence-electron chi connectivity index (χ4n) is 7.00.